The van der Waals surface area contributed by atoms with Crippen LogP contribution in [0.15, 0.2) is 24.4 Å². The van der Waals surface area contributed by atoms with Crippen LogP contribution in [0.2, 0.25) is 0 Å². The maximum Gasteiger partial charge on any atom is 0.252 e. The third kappa shape index (κ3) is 3.93. The van der Waals surface area contributed by atoms with Crippen molar-refractivity contribution in [3.05, 3.63) is 30.0 Å². The van der Waals surface area contributed by atoms with Crippen LogP contribution in [0.1, 0.15) is 56.3 Å². The van der Waals surface area contributed by atoms with E-state index in [0.29, 0.717) is 41.9 Å². The summed E-state index contributed by atoms with van der Waals surface area (Å²) in [7, 11) is 0. The first-order chi connectivity index (χ1) is 13.9. The molecule has 3 atom stereocenters. The van der Waals surface area contributed by atoms with Crippen molar-refractivity contribution in [2.75, 3.05) is 6.61 Å². The lowest BCUT2D eigenvalue weighted by atomic mass is 9.78. The first-order valence-corrected chi connectivity index (χ1v) is 10.5. The van der Waals surface area contributed by atoms with Gasteiger partial charge in [0.15, 0.2) is 0 Å². The van der Waals surface area contributed by atoms with Crippen molar-refractivity contribution in [1.29, 1.82) is 0 Å². The highest BCUT2D eigenvalue weighted by Gasteiger charge is 2.43. The van der Waals surface area contributed by atoms with Crippen molar-refractivity contribution in [2.24, 2.45) is 23.5 Å². The van der Waals surface area contributed by atoms with Crippen LogP contribution in [0, 0.1) is 17.8 Å². The Kier molecular flexibility index (Phi) is 5.43. The Morgan fingerprint density at radius 2 is 2.07 bits per heavy atom. The Bertz CT molecular complexity index is 940. The second-order valence-electron chi connectivity index (χ2n) is 8.51. The highest BCUT2D eigenvalue weighted by atomic mass is 16.5. The van der Waals surface area contributed by atoms with Crippen molar-refractivity contribution >= 4 is 22.5 Å². The summed E-state index contributed by atoms with van der Waals surface area (Å²) in [5.74, 6) is 1.71. The second-order valence-corrected chi connectivity index (χ2v) is 8.51. The van der Waals surface area contributed by atoms with Gasteiger partial charge in [0, 0.05) is 29.8 Å². The van der Waals surface area contributed by atoms with Gasteiger partial charge in [-0.3, -0.25) is 9.59 Å². The van der Waals surface area contributed by atoms with E-state index < -0.39 is 5.91 Å². The van der Waals surface area contributed by atoms with Gasteiger partial charge in [0.25, 0.3) is 5.91 Å². The first-order valence-electron chi connectivity index (χ1n) is 10.5. The lowest BCUT2D eigenvalue weighted by Crippen LogP contribution is -2.24. The van der Waals surface area contributed by atoms with Crippen LogP contribution in [0.3, 0.4) is 0 Å². The van der Waals surface area contributed by atoms with Crippen LogP contribution in [0.4, 0.5) is 0 Å². The van der Waals surface area contributed by atoms with Crippen molar-refractivity contribution in [3.63, 3.8) is 0 Å². The number of primary amides is 1. The number of ketones is 1. The molecule has 1 aromatic heterocycles. The number of carbonyl (C=O) groups excluding carboxylic acids is 2. The number of pyridine rings is 1. The van der Waals surface area contributed by atoms with E-state index >= 15 is 0 Å². The Morgan fingerprint density at radius 1 is 1.28 bits per heavy atom. The molecule has 2 fully saturated rings. The Labute approximate surface area is 170 Å². The predicted octanol–water partition coefficient (Wildman–Crippen LogP) is 3.90. The molecular weight excluding hydrogens is 368 g/mol. The van der Waals surface area contributed by atoms with E-state index in [0.717, 1.165) is 30.0 Å². The zero-order valence-electron chi connectivity index (χ0n) is 17.0. The average Bonchev–Trinajstić information content (AvgIpc) is 3.01. The summed E-state index contributed by atoms with van der Waals surface area (Å²) in [5, 5.41) is 1.59. The zero-order chi connectivity index (χ0) is 20.5. The van der Waals surface area contributed by atoms with Gasteiger partial charge in [-0.25, -0.2) is 4.98 Å². The van der Waals surface area contributed by atoms with Gasteiger partial charge in [0.05, 0.1) is 18.3 Å². The van der Waals surface area contributed by atoms with Crippen LogP contribution in [0.25, 0.3) is 10.8 Å². The molecule has 1 heterocycles. The third-order valence-electron chi connectivity index (χ3n) is 6.19. The van der Waals surface area contributed by atoms with Crippen molar-refractivity contribution in [2.45, 2.75) is 52.1 Å². The van der Waals surface area contributed by atoms with E-state index in [2.05, 4.69) is 4.98 Å². The molecule has 2 N–H and O–H groups in total. The number of fused-ring (bicyclic) bond motifs is 2. The normalized spacial score (nSPS) is 24.0. The lowest BCUT2D eigenvalue weighted by molar-refractivity contribution is -0.121. The van der Waals surface area contributed by atoms with E-state index in [9.17, 15) is 9.59 Å². The van der Waals surface area contributed by atoms with Crippen molar-refractivity contribution < 1.29 is 19.1 Å². The Hall–Kier alpha value is -2.63. The SMILES string of the molecule is CC(C)Oc1cc2c(OCC3CC(=O)C4CCCCC34)nccc2cc1C(N)=O. The summed E-state index contributed by atoms with van der Waals surface area (Å²) in [6.45, 7) is 4.28. The molecule has 2 aliphatic carbocycles. The number of carbonyl (C=O) groups is 2. The van der Waals surface area contributed by atoms with E-state index in [1.807, 2.05) is 19.9 Å². The molecule has 0 saturated heterocycles. The molecule has 2 aromatic rings. The lowest BCUT2D eigenvalue weighted by Gasteiger charge is -2.28. The number of hydrogen-bond donors (Lipinski definition) is 1. The van der Waals surface area contributed by atoms with E-state index in [-0.39, 0.29) is 17.9 Å². The Balaban J connectivity index is 1.60. The molecule has 2 aliphatic rings. The summed E-state index contributed by atoms with van der Waals surface area (Å²) >= 11 is 0. The molecule has 6 nitrogen and oxygen atoms in total. The third-order valence-corrected chi connectivity index (χ3v) is 6.19. The highest BCUT2D eigenvalue weighted by molar-refractivity contribution is 6.01. The number of aromatic nitrogens is 1. The number of hydrogen-bond acceptors (Lipinski definition) is 5. The molecule has 0 aliphatic heterocycles. The highest BCUT2D eigenvalue weighted by Crippen LogP contribution is 2.44. The molecule has 3 unspecified atom stereocenters. The van der Waals surface area contributed by atoms with Gasteiger partial charge in [0.2, 0.25) is 5.88 Å². The molecule has 2 saturated carbocycles. The summed E-state index contributed by atoms with van der Waals surface area (Å²) in [6.07, 6.45) is 6.66. The molecule has 1 amide bonds. The van der Waals surface area contributed by atoms with Crippen LogP contribution in [-0.2, 0) is 4.79 Å². The number of nitrogens with two attached hydrogens (primary N) is 1. The van der Waals surface area contributed by atoms with E-state index in [4.69, 9.17) is 15.2 Å². The molecular formula is C23H28N2O4. The Morgan fingerprint density at radius 3 is 2.83 bits per heavy atom. The smallest absolute Gasteiger partial charge is 0.252 e. The monoisotopic (exact) mass is 396 g/mol. The van der Waals surface area contributed by atoms with Crippen LogP contribution < -0.4 is 15.2 Å². The van der Waals surface area contributed by atoms with Crippen LogP contribution in [0.5, 0.6) is 11.6 Å². The standard InChI is InChI=1S/C23H28N2O4/c1-13(2)29-21-11-18-14(9-19(21)22(24)27)7-8-25-23(18)28-12-15-10-20(26)17-6-4-3-5-16(15)17/h7-9,11,13,15-17H,3-6,10,12H2,1-2H3,(H2,24,27). The summed E-state index contributed by atoms with van der Waals surface area (Å²) < 4.78 is 11.9. The van der Waals surface area contributed by atoms with Crippen LogP contribution in [-0.4, -0.2) is 29.4 Å². The molecule has 0 spiro atoms. The molecule has 154 valence electrons. The number of amides is 1. The van der Waals surface area contributed by atoms with Gasteiger partial charge in [0.1, 0.15) is 11.5 Å². The summed E-state index contributed by atoms with van der Waals surface area (Å²) in [6, 6.07) is 5.32. The largest absolute Gasteiger partial charge is 0.490 e. The van der Waals surface area contributed by atoms with Crippen molar-refractivity contribution in [1.82, 2.24) is 4.98 Å². The second kappa shape index (κ2) is 8.01. The maximum atomic E-state index is 12.4. The van der Waals surface area contributed by atoms with Gasteiger partial charge in [-0.2, -0.15) is 0 Å². The molecule has 29 heavy (non-hydrogen) atoms. The van der Waals surface area contributed by atoms with Crippen LogP contribution >= 0.6 is 0 Å². The first kappa shape index (κ1) is 19.7. The fourth-order valence-corrected chi connectivity index (χ4v) is 4.89. The summed E-state index contributed by atoms with van der Waals surface area (Å²) in [5.41, 5.74) is 5.88. The minimum Gasteiger partial charge on any atom is -0.490 e. The van der Waals surface area contributed by atoms with Gasteiger partial charge >= 0.3 is 0 Å². The average molecular weight is 396 g/mol. The molecule has 1 aromatic carbocycles. The molecule has 6 heteroatoms. The molecule has 0 bridgehead atoms. The van der Waals surface area contributed by atoms with E-state index in [1.165, 1.54) is 6.42 Å². The molecule has 0 radical (unpaired) electrons. The van der Waals surface area contributed by atoms with Gasteiger partial charge in [-0.15, -0.1) is 0 Å². The fourth-order valence-electron chi connectivity index (χ4n) is 4.89. The number of benzene rings is 1. The number of rotatable bonds is 6. The quantitative estimate of drug-likeness (QED) is 0.800. The van der Waals surface area contributed by atoms with Gasteiger partial charge in [-0.05, 0) is 56.2 Å². The topological polar surface area (TPSA) is 91.5 Å². The predicted molar refractivity (Wildman–Crippen MR) is 110 cm³/mol. The minimum atomic E-state index is -0.533. The number of ether oxygens (including phenoxy) is 2. The zero-order valence-corrected chi connectivity index (χ0v) is 17.0. The summed E-state index contributed by atoms with van der Waals surface area (Å²) in [4.78, 5) is 28.6. The van der Waals surface area contributed by atoms with Gasteiger partial charge < -0.3 is 15.2 Å². The molecule has 4 rings (SSSR count). The number of Topliss-reactive ketones (excluding diaryl/α,β-unsaturated/α-hetero) is 1. The minimum absolute atomic E-state index is 0.0978. The fraction of sp³-hybridized carbons (Fsp3) is 0.522. The van der Waals surface area contributed by atoms with Gasteiger partial charge in [-0.1, -0.05) is 12.8 Å². The van der Waals surface area contributed by atoms with E-state index in [1.54, 1.807) is 18.3 Å². The van der Waals surface area contributed by atoms with Crippen molar-refractivity contribution in [3.8, 4) is 11.6 Å². The maximum absolute atomic E-state index is 12.4. The number of nitrogens with zero attached hydrogens (tertiary/aromatic N) is 1.